The van der Waals surface area contributed by atoms with E-state index in [0.29, 0.717) is 13.2 Å². The van der Waals surface area contributed by atoms with Crippen molar-refractivity contribution >= 4 is 5.91 Å². The van der Waals surface area contributed by atoms with E-state index in [9.17, 15) is 4.79 Å². The number of likely N-dealkylation sites (N-methyl/N-ethyl adjacent to an activating group) is 1. The van der Waals surface area contributed by atoms with Crippen LogP contribution in [0.1, 0.15) is 18.5 Å². The van der Waals surface area contributed by atoms with Crippen LogP contribution in [-0.4, -0.2) is 73.7 Å². The van der Waals surface area contributed by atoms with Gasteiger partial charge in [-0.05, 0) is 31.5 Å². The quantitative estimate of drug-likeness (QED) is 0.881. The number of ether oxygens (including phenoxy) is 1. The van der Waals surface area contributed by atoms with Gasteiger partial charge in [0.15, 0.2) is 0 Å². The van der Waals surface area contributed by atoms with E-state index in [0.717, 1.165) is 51.4 Å². The van der Waals surface area contributed by atoms with Crippen molar-refractivity contribution in [1.29, 1.82) is 0 Å². The van der Waals surface area contributed by atoms with Crippen molar-refractivity contribution in [2.24, 2.45) is 5.41 Å². The molecular formula is C18H28N4O2. The summed E-state index contributed by atoms with van der Waals surface area (Å²) in [4.78, 5) is 20.9. The van der Waals surface area contributed by atoms with E-state index in [2.05, 4.69) is 26.2 Å². The van der Waals surface area contributed by atoms with Crippen LogP contribution in [0.3, 0.4) is 0 Å². The van der Waals surface area contributed by atoms with Crippen LogP contribution in [0.5, 0.6) is 0 Å². The van der Waals surface area contributed by atoms with Crippen molar-refractivity contribution in [2.45, 2.75) is 19.4 Å². The number of carbonyl (C=O) groups excluding carboxylic acids is 1. The number of hydrogen-bond donors (Lipinski definition) is 1. The molecule has 132 valence electrons. The van der Waals surface area contributed by atoms with Crippen LogP contribution in [0.15, 0.2) is 24.4 Å². The minimum Gasteiger partial charge on any atom is -0.379 e. The van der Waals surface area contributed by atoms with E-state index in [-0.39, 0.29) is 11.3 Å². The summed E-state index contributed by atoms with van der Waals surface area (Å²) < 4.78 is 5.92. The number of amides is 1. The highest BCUT2D eigenvalue weighted by Crippen LogP contribution is 2.33. The number of aromatic nitrogens is 1. The number of pyridine rings is 1. The molecule has 2 fully saturated rings. The highest BCUT2D eigenvalue weighted by Gasteiger charge is 2.39. The molecule has 2 aliphatic heterocycles. The summed E-state index contributed by atoms with van der Waals surface area (Å²) in [6.45, 7) is 6.71. The van der Waals surface area contributed by atoms with E-state index in [4.69, 9.17) is 4.74 Å². The number of nitrogens with zero attached hydrogens (tertiary/aromatic N) is 3. The Hall–Kier alpha value is -1.50. The van der Waals surface area contributed by atoms with Gasteiger partial charge in [0.25, 0.3) is 0 Å². The summed E-state index contributed by atoms with van der Waals surface area (Å²) >= 11 is 0. The Kier molecular flexibility index (Phi) is 5.81. The highest BCUT2D eigenvalue weighted by atomic mass is 16.5. The summed E-state index contributed by atoms with van der Waals surface area (Å²) in [5, 5.41) is 2.73. The van der Waals surface area contributed by atoms with Crippen LogP contribution in [0.2, 0.25) is 0 Å². The van der Waals surface area contributed by atoms with Gasteiger partial charge in [-0.25, -0.2) is 0 Å². The molecule has 3 heterocycles. The number of piperidine rings is 1. The van der Waals surface area contributed by atoms with E-state index in [1.54, 1.807) is 7.05 Å². The largest absolute Gasteiger partial charge is 0.379 e. The molecule has 1 N–H and O–H groups in total. The molecule has 1 atom stereocenters. The molecule has 24 heavy (non-hydrogen) atoms. The van der Waals surface area contributed by atoms with Gasteiger partial charge in [0.2, 0.25) is 5.91 Å². The predicted octanol–water partition coefficient (Wildman–Crippen LogP) is 0.742. The van der Waals surface area contributed by atoms with E-state index in [1.165, 1.54) is 6.42 Å². The molecule has 6 nitrogen and oxygen atoms in total. The fraction of sp³-hybridized carbons (Fsp3) is 0.667. The lowest BCUT2D eigenvalue weighted by atomic mass is 9.80. The predicted molar refractivity (Wildman–Crippen MR) is 92.5 cm³/mol. The smallest absolute Gasteiger partial charge is 0.233 e. The van der Waals surface area contributed by atoms with Gasteiger partial charge in [0.1, 0.15) is 0 Å². The van der Waals surface area contributed by atoms with E-state index >= 15 is 0 Å². The summed E-state index contributed by atoms with van der Waals surface area (Å²) in [5.41, 5.74) is 1.24. The first-order chi connectivity index (χ1) is 11.7. The van der Waals surface area contributed by atoms with Gasteiger partial charge in [-0.1, -0.05) is 6.07 Å². The minimum atomic E-state index is 0.0770. The van der Waals surface area contributed by atoms with E-state index < -0.39 is 0 Å². The lowest BCUT2D eigenvalue weighted by Gasteiger charge is -2.43. The van der Waals surface area contributed by atoms with Crippen LogP contribution in [0.25, 0.3) is 0 Å². The fourth-order valence-electron chi connectivity index (χ4n) is 3.91. The molecule has 1 aromatic rings. The highest BCUT2D eigenvalue weighted by molar-refractivity contribution is 5.77. The molecule has 1 unspecified atom stereocenters. The lowest BCUT2D eigenvalue weighted by Crippen LogP contribution is -2.51. The second kappa shape index (κ2) is 8.05. The van der Waals surface area contributed by atoms with Gasteiger partial charge in [-0.3, -0.25) is 19.6 Å². The third-order valence-electron chi connectivity index (χ3n) is 5.02. The molecule has 0 aliphatic carbocycles. The topological polar surface area (TPSA) is 57.7 Å². The maximum absolute atomic E-state index is 11.8. The van der Waals surface area contributed by atoms with Crippen molar-refractivity contribution in [2.75, 3.05) is 53.0 Å². The molecule has 6 heteroatoms. The van der Waals surface area contributed by atoms with Crippen LogP contribution in [-0.2, 0) is 16.1 Å². The maximum Gasteiger partial charge on any atom is 0.233 e. The van der Waals surface area contributed by atoms with Crippen molar-refractivity contribution < 1.29 is 9.53 Å². The Morgan fingerprint density at radius 2 is 2.21 bits per heavy atom. The van der Waals surface area contributed by atoms with Gasteiger partial charge in [0, 0.05) is 44.8 Å². The second-order valence-corrected chi connectivity index (χ2v) is 7.07. The number of rotatable bonds is 4. The molecule has 1 amide bonds. The Balaban J connectivity index is 1.65. The summed E-state index contributed by atoms with van der Waals surface area (Å²) in [7, 11) is 1.70. The fourth-order valence-corrected chi connectivity index (χ4v) is 3.91. The molecule has 2 saturated heterocycles. The number of likely N-dealkylation sites (tertiary alicyclic amines) is 1. The van der Waals surface area contributed by atoms with Gasteiger partial charge >= 0.3 is 0 Å². The second-order valence-electron chi connectivity index (χ2n) is 7.07. The molecule has 0 saturated carbocycles. The van der Waals surface area contributed by atoms with Gasteiger partial charge in [-0.15, -0.1) is 0 Å². The first-order valence-electron chi connectivity index (χ1n) is 8.82. The zero-order chi connectivity index (χ0) is 16.8. The Bertz CT molecular complexity index is 539. The third kappa shape index (κ3) is 4.53. The van der Waals surface area contributed by atoms with Gasteiger partial charge in [0.05, 0.1) is 25.5 Å². The molecule has 0 bridgehead atoms. The van der Waals surface area contributed by atoms with Gasteiger partial charge < -0.3 is 10.1 Å². The first-order valence-corrected chi connectivity index (χ1v) is 8.82. The zero-order valence-corrected chi connectivity index (χ0v) is 14.5. The Labute approximate surface area is 144 Å². The molecule has 0 aromatic carbocycles. The lowest BCUT2D eigenvalue weighted by molar-refractivity contribution is -0.122. The van der Waals surface area contributed by atoms with Crippen molar-refractivity contribution in [1.82, 2.24) is 20.1 Å². The Morgan fingerprint density at radius 1 is 1.33 bits per heavy atom. The minimum absolute atomic E-state index is 0.0770. The standard InChI is InChI=1S/C18H28N4O2/c1-19-17(23)12-22-9-10-24-15-18(14-22)6-4-8-21(13-18)11-16-5-2-3-7-20-16/h2-3,5,7H,4,6,8-15H2,1H3,(H,19,23). The molecule has 3 rings (SSSR count). The normalized spacial score (nSPS) is 26.2. The SMILES string of the molecule is CNC(=O)CN1CCOCC2(CCCN(Cc3ccccn3)C2)C1. The summed E-state index contributed by atoms with van der Waals surface area (Å²) in [5.74, 6) is 0.0770. The Morgan fingerprint density at radius 3 is 3.00 bits per heavy atom. The molecular weight excluding hydrogens is 304 g/mol. The maximum atomic E-state index is 11.8. The van der Waals surface area contributed by atoms with Crippen molar-refractivity contribution in [3.63, 3.8) is 0 Å². The van der Waals surface area contributed by atoms with Crippen LogP contribution in [0, 0.1) is 5.41 Å². The molecule has 0 radical (unpaired) electrons. The zero-order valence-electron chi connectivity index (χ0n) is 14.5. The average Bonchev–Trinajstić information content (AvgIpc) is 2.78. The monoisotopic (exact) mass is 332 g/mol. The van der Waals surface area contributed by atoms with Crippen LogP contribution >= 0.6 is 0 Å². The molecule has 1 spiro atoms. The summed E-state index contributed by atoms with van der Waals surface area (Å²) in [6.07, 6.45) is 4.19. The number of hydrogen-bond acceptors (Lipinski definition) is 5. The summed E-state index contributed by atoms with van der Waals surface area (Å²) in [6, 6.07) is 6.08. The first kappa shape index (κ1) is 17.3. The molecule has 1 aromatic heterocycles. The molecule has 2 aliphatic rings. The van der Waals surface area contributed by atoms with Gasteiger partial charge in [-0.2, -0.15) is 0 Å². The van der Waals surface area contributed by atoms with Crippen LogP contribution in [0.4, 0.5) is 0 Å². The van der Waals surface area contributed by atoms with Crippen molar-refractivity contribution in [3.8, 4) is 0 Å². The number of nitrogens with one attached hydrogen (secondary N) is 1. The average molecular weight is 332 g/mol. The number of carbonyl (C=O) groups is 1. The third-order valence-corrected chi connectivity index (χ3v) is 5.02. The van der Waals surface area contributed by atoms with E-state index in [1.807, 2.05) is 18.3 Å². The van der Waals surface area contributed by atoms with Crippen LogP contribution < -0.4 is 5.32 Å². The van der Waals surface area contributed by atoms with Crippen molar-refractivity contribution in [3.05, 3.63) is 30.1 Å².